The summed E-state index contributed by atoms with van der Waals surface area (Å²) in [6.07, 6.45) is -4.23. The van der Waals surface area contributed by atoms with Crippen LogP contribution in [0.5, 0.6) is 11.5 Å². The van der Waals surface area contributed by atoms with Gasteiger partial charge in [0.25, 0.3) is 5.72 Å². The minimum atomic E-state index is -5.02. The van der Waals surface area contributed by atoms with E-state index in [9.17, 15) is 23.1 Å². The summed E-state index contributed by atoms with van der Waals surface area (Å²) in [5, 5.41) is 14.8. The summed E-state index contributed by atoms with van der Waals surface area (Å²) in [7, 11) is 2.87. The molecule has 1 aromatic carbocycles. The maximum Gasteiger partial charge on any atom is 0.439 e. The topological polar surface area (TPSA) is 71.4 Å². The van der Waals surface area contributed by atoms with Crippen molar-refractivity contribution in [2.75, 3.05) is 14.2 Å². The summed E-state index contributed by atoms with van der Waals surface area (Å²) in [5.41, 5.74) is -2.65. The molecule has 0 spiro atoms. The zero-order valence-corrected chi connectivity index (χ0v) is 15.9. The fourth-order valence-corrected chi connectivity index (χ4v) is 3.90. The zero-order chi connectivity index (χ0) is 20.7. The minimum Gasteiger partial charge on any atom is -0.493 e. The molecule has 0 unspecified atom stereocenters. The van der Waals surface area contributed by atoms with Crippen LogP contribution in [0.15, 0.2) is 23.3 Å². The van der Waals surface area contributed by atoms with E-state index in [0.29, 0.717) is 29.9 Å². The zero-order valence-electron chi connectivity index (χ0n) is 15.9. The summed E-state index contributed by atoms with van der Waals surface area (Å²) < 4.78 is 51.8. The molecular weight excluding hydrogens is 377 g/mol. The summed E-state index contributed by atoms with van der Waals surface area (Å²) in [6.45, 7) is 1.84. The predicted octanol–water partition coefficient (Wildman–Crippen LogP) is 3.13. The Bertz CT molecular complexity index is 796. The van der Waals surface area contributed by atoms with Crippen LogP contribution in [-0.2, 0) is 11.2 Å². The summed E-state index contributed by atoms with van der Waals surface area (Å²) in [4.78, 5) is 12.7. The van der Waals surface area contributed by atoms with Crippen molar-refractivity contribution in [3.63, 3.8) is 0 Å². The molecule has 1 aromatic rings. The van der Waals surface area contributed by atoms with Crippen molar-refractivity contribution in [2.24, 2.45) is 16.9 Å². The molecule has 1 aliphatic carbocycles. The van der Waals surface area contributed by atoms with E-state index in [1.807, 2.05) is 6.92 Å². The number of alkyl halides is 3. The molecule has 1 amide bonds. The van der Waals surface area contributed by atoms with Crippen LogP contribution in [0, 0.1) is 11.8 Å². The van der Waals surface area contributed by atoms with Crippen molar-refractivity contribution in [1.29, 1.82) is 0 Å². The first-order valence-electron chi connectivity index (χ1n) is 9.02. The number of nitrogens with zero attached hydrogens (tertiary/aromatic N) is 2. The van der Waals surface area contributed by atoms with Crippen LogP contribution in [0.1, 0.15) is 31.7 Å². The van der Waals surface area contributed by atoms with E-state index < -0.39 is 23.7 Å². The largest absolute Gasteiger partial charge is 0.493 e. The van der Waals surface area contributed by atoms with Gasteiger partial charge >= 0.3 is 6.18 Å². The van der Waals surface area contributed by atoms with Gasteiger partial charge in [0.15, 0.2) is 11.5 Å². The number of hydrazone groups is 1. The fraction of sp³-hybridized carbons (Fsp3) is 0.579. The Kier molecular flexibility index (Phi) is 5.31. The van der Waals surface area contributed by atoms with Gasteiger partial charge in [0, 0.05) is 5.71 Å². The Balaban J connectivity index is 1.90. The van der Waals surface area contributed by atoms with Crippen LogP contribution in [0.25, 0.3) is 0 Å². The molecule has 1 aliphatic heterocycles. The number of hydrogen-bond acceptors (Lipinski definition) is 5. The molecule has 1 saturated carbocycles. The highest BCUT2D eigenvalue weighted by Gasteiger charge is 2.68. The minimum absolute atomic E-state index is 0.0127. The van der Waals surface area contributed by atoms with Gasteiger partial charge in [-0.15, -0.1) is 0 Å². The molecule has 2 aliphatic rings. The third-order valence-electron chi connectivity index (χ3n) is 5.43. The molecule has 28 heavy (non-hydrogen) atoms. The molecule has 3 rings (SSSR count). The summed E-state index contributed by atoms with van der Waals surface area (Å²) in [5.74, 6) is -1.35. The van der Waals surface area contributed by atoms with Crippen LogP contribution >= 0.6 is 0 Å². The highest BCUT2D eigenvalue weighted by molar-refractivity contribution is 5.93. The van der Waals surface area contributed by atoms with E-state index >= 15 is 0 Å². The maximum absolute atomic E-state index is 13.9. The lowest BCUT2D eigenvalue weighted by molar-refractivity contribution is -0.317. The molecule has 1 fully saturated rings. The molecule has 0 bridgehead atoms. The van der Waals surface area contributed by atoms with E-state index in [2.05, 4.69) is 5.10 Å². The molecule has 154 valence electrons. The van der Waals surface area contributed by atoms with Gasteiger partial charge in [-0.3, -0.25) is 4.79 Å². The van der Waals surface area contributed by atoms with Gasteiger partial charge in [-0.1, -0.05) is 13.0 Å². The first kappa shape index (κ1) is 20.4. The molecule has 9 heteroatoms. The molecule has 1 heterocycles. The van der Waals surface area contributed by atoms with E-state index in [0.717, 1.165) is 0 Å². The number of carbonyl (C=O) groups excluding carboxylic acids is 1. The molecule has 0 radical (unpaired) electrons. The number of benzene rings is 1. The lowest BCUT2D eigenvalue weighted by atomic mass is 9.76. The van der Waals surface area contributed by atoms with Crippen molar-refractivity contribution in [3.05, 3.63) is 23.8 Å². The number of carbonyl (C=O) groups is 1. The number of aliphatic hydroxyl groups is 1. The number of halogens is 3. The molecule has 6 nitrogen and oxygen atoms in total. The van der Waals surface area contributed by atoms with Crippen molar-refractivity contribution in [2.45, 2.75) is 44.5 Å². The molecule has 0 aromatic heterocycles. The van der Waals surface area contributed by atoms with E-state index in [-0.39, 0.29) is 29.5 Å². The second kappa shape index (κ2) is 7.27. The third kappa shape index (κ3) is 3.32. The van der Waals surface area contributed by atoms with E-state index in [4.69, 9.17) is 9.47 Å². The van der Waals surface area contributed by atoms with Crippen molar-refractivity contribution in [3.8, 4) is 11.5 Å². The Hall–Kier alpha value is -2.29. The van der Waals surface area contributed by atoms with Gasteiger partial charge in [-0.05, 0) is 42.9 Å². The third-order valence-corrected chi connectivity index (χ3v) is 5.43. The lowest BCUT2D eigenvalue weighted by Gasteiger charge is -2.39. The monoisotopic (exact) mass is 400 g/mol. The smallest absolute Gasteiger partial charge is 0.439 e. The van der Waals surface area contributed by atoms with E-state index in [1.165, 1.54) is 20.3 Å². The van der Waals surface area contributed by atoms with Gasteiger partial charge in [0.1, 0.15) is 0 Å². The van der Waals surface area contributed by atoms with Gasteiger partial charge in [-0.2, -0.15) is 23.3 Å². The van der Waals surface area contributed by atoms with Crippen molar-refractivity contribution >= 4 is 11.6 Å². The number of ether oxygens (including phenoxy) is 2. The predicted molar refractivity (Wildman–Crippen MR) is 95.0 cm³/mol. The van der Waals surface area contributed by atoms with Gasteiger partial charge < -0.3 is 14.6 Å². The first-order valence-corrected chi connectivity index (χ1v) is 9.02. The summed E-state index contributed by atoms with van der Waals surface area (Å²) >= 11 is 0. The molecular formula is C19H23F3N2O4. The molecule has 1 N–H and O–H groups in total. The molecule has 3 atom stereocenters. The highest BCUT2D eigenvalue weighted by atomic mass is 19.4. The SMILES string of the molecule is COc1ccc(CC(=O)N2N=C3CC[C@H](C)C[C@@H]3[C@@]2(O)C(F)(F)F)cc1OC. The number of methoxy groups -OCH3 is 2. The van der Waals surface area contributed by atoms with Crippen LogP contribution in [0.2, 0.25) is 0 Å². The second-order valence-electron chi connectivity index (χ2n) is 7.32. The standard InChI is InChI=1S/C19H23F3N2O4/c1-11-4-6-14-13(8-11)18(26,19(20,21)22)24(23-14)17(25)10-12-5-7-15(27-2)16(9-12)28-3/h5,7,9,11,13,26H,4,6,8,10H2,1-3H3/t11-,13-,18+/m0/s1. The highest BCUT2D eigenvalue weighted by Crippen LogP contribution is 2.49. The number of fused-ring (bicyclic) bond motifs is 1. The molecule has 0 saturated heterocycles. The fourth-order valence-electron chi connectivity index (χ4n) is 3.90. The quantitative estimate of drug-likeness (QED) is 0.843. The average molecular weight is 400 g/mol. The Morgan fingerprint density at radius 1 is 1.32 bits per heavy atom. The second-order valence-corrected chi connectivity index (χ2v) is 7.32. The lowest BCUT2D eigenvalue weighted by Crippen LogP contribution is -2.62. The Labute approximate surface area is 160 Å². The van der Waals surface area contributed by atoms with Gasteiger partial charge in [-0.25, -0.2) is 0 Å². The van der Waals surface area contributed by atoms with Crippen molar-refractivity contribution < 1.29 is 32.5 Å². The van der Waals surface area contributed by atoms with Gasteiger partial charge in [0.05, 0.1) is 26.6 Å². The normalized spacial score (nSPS) is 27.2. The van der Waals surface area contributed by atoms with Crippen LogP contribution in [0.4, 0.5) is 13.2 Å². The Morgan fingerprint density at radius 3 is 2.61 bits per heavy atom. The number of rotatable bonds is 4. The van der Waals surface area contributed by atoms with Crippen molar-refractivity contribution in [1.82, 2.24) is 5.01 Å². The number of amides is 1. The first-order chi connectivity index (χ1) is 13.1. The van der Waals surface area contributed by atoms with Crippen LogP contribution in [-0.4, -0.2) is 47.9 Å². The average Bonchev–Trinajstić information content (AvgIpc) is 2.95. The summed E-state index contributed by atoms with van der Waals surface area (Å²) in [6, 6.07) is 4.64. The van der Waals surface area contributed by atoms with Gasteiger partial charge in [0.2, 0.25) is 5.91 Å². The van der Waals surface area contributed by atoms with E-state index in [1.54, 1.807) is 12.1 Å². The van der Waals surface area contributed by atoms with Crippen LogP contribution < -0.4 is 9.47 Å². The Morgan fingerprint density at radius 2 is 2.00 bits per heavy atom. The maximum atomic E-state index is 13.9. The van der Waals surface area contributed by atoms with Crippen LogP contribution in [0.3, 0.4) is 0 Å². The number of hydrogen-bond donors (Lipinski definition) is 1.